The number of carbonyl (C=O) groups is 2. The number of carboxylic acids is 1. The summed E-state index contributed by atoms with van der Waals surface area (Å²) < 4.78 is 5.04. The van der Waals surface area contributed by atoms with Crippen LogP contribution in [0, 0.1) is 0 Å². The van der Waals surface area contributed by atoms with Crippen molar-refractivity contribution in [1.82, 2.24) is 5.32 Å². The molecule has 0 spiro atoms. The monoisotopic (exact) mass is 280 g/mol. The molecule has 1 atom stereocenters. The third kappa shape index (κ3) is 5.60. The minimum atomic E-state index is -1.13. The summed E-state index contributed by atoms with van der Waals surface area (Å²) in [5, 5.41) is 11.5. The first kappa shape index (κ1) is 15.8. The summed E-state index contributed by atoms with van der Waals surface area (Å²) in [6.07, 6.45) is -0.617. The molecule has 0 bridgehead atoms. The number of rotatable bonds is 4. The molecule has 0 fully saturated rings. The summed E-state index contributed by atoms with van der Waals surface area (Å²) in [7, 11) is 0. The number of nitrogen functional groups attached to an aromatic ring is 1. The Kier molecular flexibility index (Phi) is 4.96. The molecular formula is C14H20N2O4. The predicted octanol–water partition coefficient (Wildman–Crippen LogP) is 1.79. The van der Waals surface area contributed by atoms with E-state index in [2.05, 4.69) is 5.32 Å². The molecule has 20 heavy (non-hydrogen) atoms. The van der Waals surface area contributed by atoms with Gasteiger partial charge in [-0.3, -0.25) is 0 Å². The van der Waals surface area contributed by atoms with Crippen LogP contribution in [0.15, 0.2) is 24.3 Å². The van der Waals surface area contributed by atoms with Gasteiger partial charge in [0.15, 0.2) is 0 Å². The summed E-state index contributed by atoms with van der Waals surface area (Å²) in [6.45, 7) is 5.13. The van der Waals surface area contributed by atoms with Gasteiger partial charge in [0, 0.05) is 12.1 Å². The van der Waals surface area contributed by atoms with Crippen LogP contribution in [0.2, 0.25) is 0 Å². The van der Waals surface area contributed by atoms with Crippen molar-refractivity contribution in [3.63, 3.8) is 0 Å². The number of alkyl carbamates (subject to hydrolysis) is 1. The Morgan fingerprint density at radius 3 is 2.55 bits per heavy atom. The average molecular weight is 280 g/mol. The molecule has 0 heterocycles. The Morgan fingerprint density at radius 2 is 2.05 bits per heavy atom. The van der Waals surface area contributed by atoms with Crippen LogP contribution in [0.1, 0.15) is 26.3 Å². The molecule has 1 amide bonds. The molecule has 110 valence electrons. The highest BCUT2D eigenvalue weighted by Gasteiger charge is 2.24. The van der Waals surface area contributed by atoms with Gasteiger partial charge in [0.05, 0.1) is 0 Å². The zero-order valence-corrected chi connectivity index (χ0v) is 11.8. The zero-order valence-electron chi connectivity index (χ0n) is 11.8. The lowest BCUT2D eigenvalue weighted by Gasteiger charge is -2.22. The number of ether oxygens (including phenoxy) is 1. The lowest BCUT2D eigenvalue weighted by molar-refractivity contribution is -0.139. The maximum atomic E-state index is 11.6. The maximum absolute atomic E-state index is 11.6. The van der Waals surface area contributed by atoms with Crippen molar-refractivity contribution in [1.29, 1.82) is 0 Å². The minimum Gasteiger partial charge on any atom is -0.480 e. The van der Waals surface area contributed by atoms with Crippen molar-refractivity contribution in [2.24, 2.45) is 0 Å². The van der Waals surface area contributed by atoms with Gasteiger partial charge >= 0.3 is 12.1 Å². The topological polar surface area (TPSA) is 102 Å². The van der Waals surface area contributed by atoms with E-state index < -0.39 is 23.7 Å². The molecule has 0 aromatic heterocycles. The molecule has 1 rings (SSSR count). The van der Waals surface area contributed by atoms with Crippen molar-refractivity contribution >= 4 is 17.7 Å². The third-order valence-electron chi connectivity index (χ3n) is 2.38. The number of hydrogen-bond acceptors (Lipinski definition) is 4. The molecule has 1 unspecified atom stereocenters. The van der Waals surface area contributed by atoms with E-state index in [-0.39, 0.29) is 6.42 Å². The van der Waals surface area contributed by atoms with E-state index in [1.807, 2.05) is 0 Å². The van der Waals surface area contributed by atoms with Crippen molar-refractivity contribution in [2.45, 2.75) is 38.8 Å². The summed E-state index contributed by atoms with van der Waals surface area (Å²) in [6, 6.07) is 5.81. The second kappa shape index (κ2) is 6.27. The summed E-state index contributed by atoms with van der Waals surface area (Å²) >= 11 is 0. The fourth-order valence-electron chi connectivity index (χ4n) is 1.61. The highest BCUT2D eigenvalue weighted by molar-refractivity contribution is 5.80. The van der Waals surface area contributed by atoms with Crippen LogP contribution in [-0.2, 0) is 16.0 Å². The molecule has 1 aromatic carbocycles. The standard InChI is InChI=1S/C14H20N2O4/c1-14(2,3)20-13(19)16-11(12(17)18)8-9-5-4-6-10(15)7-9/h4-7,11H,8,15H2,1-3H3,(H,16,19)(H,17,18). The number of hydrogen-bond donors (Lipinski definition) is 3. The highest BCUT2D eigenvalue weighted by atomic mass is 16.6. The molecular weight excluding hydrogens is 260 g/mol. The first-order valence-corrected chi connectivity index (χ1v) is 6.24. The number of carboxylic acid groups (broad SMARTS) is 1. The van der Waals surface area contributed by atoms with Gasteiger partial charge in [-0.1, -0.05) is 12.1 Å². The van der Waals surface area contributed by atoms with E-state index in [0.717, 1.165) is 5.56 Å². The first-order chi connectivity index (χ1) is 9.17. The van der Waals surface area contributed by atoms with Crippen molar-refractivity contribution in [3.05, 3.63) is 29.8 Å². The molecule has 6 heteroatoms. The Morgan fingerprint density at radius 1 is 1.40 bits per heavy atom. The van der Waals surface area contributed by atoms with Crippen molar-refractivity contribution < 1.29 is 19.4 Å². The molecule has 6 nitrogen and oxygen atoms in total. The molecule has 0 saturated carbocycles. The van der Waals surface area contributed by atoms with Gasteiger partial charge in [-0.2, -0.15) is 0 Å². The van der Waals surface area contributed by atoms with E-state index in [1.165, 1.54) is 0 Å². The van der Waals surface area contributed by atoms with Crippen LogP contribution in [0.4, 0.5) is 10.5 Å². The maximum Gasteiger partial charge on any atom is 0.408 e. The van der Waals surface area contributed by atoms with Gasteiger partial charge in [-0.15, -0.1) is 0 Å². The van der Waals surface area contributed by atoms with Crippen LogP contribution in [0.25, 0.3) is 0 Å². The third-order valence-corrected chi connectivity index (χ3v) is 2.38. The van der Waals surface area contributed by atoms with Gasteiger partial charge < -0.3 is 20.9 Å². The first-order valence-electron chi connectivity index (χ1n) is 6.24. The largest absolute Gasteiger partial charge is 0.480 e. The Hall–Kier alpha value is -2.24. The average Bonchev–Trinajstić information content (AvgIpc) is 2.25. The van der Waals surface area contributed by atoms with Crippen LogP contribution in [-0.4, -0.2) is 28.8 Å². The number of nitrogens with two attached hydrogens (primary N) is 1. The molecule has 0 saturated heterocycles. The molecule has 4 N–H and O–H groups in total. The van der Waals surface area contributed by atoms with Crippen LogP contribution >= 0.6 is 0 Å². The van der Waals surface area contributed by atoms with Crippen LogP contribution in [0.3, 0.4) is 0 Å². The molecule has 0 aliphatic rings. The van der Waals surface area contributed by atoms with Gasteiger partial charge in [0.2, 0.25) is 0 Å². The van der Waals surface area contributed by atoms with Gasteiger partial charge in [-0.05, 0) is 38.5 Å². The quantitative estimate of drug-likeness (QED) is 0.730. The summed E-state index contributed by atoms with van der Waals surface area (Å²) in [4.78, 5) is 22.8. The van der Waals surface area contributed by atoms with Gasteiger partial charge in [0.25, 0.3) is 0 Å². The predicted molar refractivity (Wildman–Crippen MR) is 75.4 cm³/mol. The normalized spacial score (nSPS) is 12.6. The Balaban J connectivity index is 2.71. The van der Waals surface area contributed by atoms with E-state index in [9.17, 15) is 9.59 Å². The lowest BCUT2D eigenvalue weighted by atomic mass is 10.1. The van der Waals surface area contributed by atoms with Crippen LogP contribution in [0.5, 0.6) is 0 Å². The molecule has 0 radical (unpaired) electrons. The number of nitrogens with one attached hydrogen (secondary N) is 1. The fourth-order valence-corrected chi connectivity index (χ4v) is 1.61. The zero-order chi connectivity index (χ0) is 15.3. The smallest absolute Gasteiger partial charge is 0.408 e. The van der Waals surface area contributed by atoms with Crippen LogP contribution < -0.4 is 11.1 Å². The second-order valence-electron chi connectivity index (χ2n) is 5.49. The number of aliphatic carboxylic acids is 1. The molecule has 1 aromatic rings. The molecule has 0 aliphatic carbocycles. The number of carbonyl (C=O) groups excluding carboxylic acids is 1. The van der Waals surface area contributed by atoms with Crippen molar-refractivity contribution in [3.8, 4) is 0 Å². The second-order valence-corrected chi connectivity index (χ2v) is 5.49. The Bertz CT molecular complexity index is 494. The van der Waals surface area contributed by atoms with Gasteiger partial charge in [-0.25, -0.2) is 9.59 Å². The fraction of sp³-hybridized carbons (Fsp3) is 0.429. The number of amides is 1. The SMILES string of the molecule is CC(C)(C)OC(=O)NC(Cc1cccc(N)c1)C(=O)O. The minimum absolute atomic E-state index is 0.139. The van der Waals surface area contributed by atoms with E-state index >= 15 is 0 Å². The Labute approximate surface area is 117 Å². The van der Waals surface area contributed by atoms with E-state index in [0.29, 0.717) is 5.69 Å². The highest BCUT2D eigenvalue weighted by Crippen LogP contribution is 2.11. The number of anilines is 1. The molecule has 0 aliphatic heterocycles. The van der Waals surface area contributed by atoms with E-state index in [4.69, 9.17) is 15.6 Å². The number of benzene rings is 1. The lowest BCUT2D eigenvalue weighted by Crippen LogP contribution is -2.44. The summed E-state index contributed by atoms with van der Waals surface area (Å²) in [5.41, 5.74) is 6.23. The van der Waals surface area contributed by atoms with Crippen molar-refractivity contribution in [2.75, 3.05) is 5.73 Å². The van der Waals surface area contributed by atoms with Gasteiger partial charge in [0.1, 0.15) is 11.6 Å². The summed E-state index contributed by atoms with van der Waals surface area (Å²) in [5.74, 6) is -1.13. The van der Waals surface area contributed by atoms with E-state index in [1.54, 1.807) is 45.0 Å².